The van der Waals surface area contributed by atoms with E-state index in [1.807, 2.05) is 11.7 Å². The average molecular weight is 287 g/mol. The van der Waals surface area contributed by atoms with Gasteiger partial charge in [-0.3, -0.25) is 4.68 Å². The predicted octanol–water partition coefficient (Wildman–Crippen LogP) is 3.09. The number of nitrogens with one attached hydrogen (secondary N) is 1. The maximum absolute atomic E-state index is 4.79. The highest BCUT2D eigenvalue weighted by Gasteiger charge is 2.27. The minimum Gasteiger partial charge on any atom is -0.349 e. The van der Waals surface area contributed by atoms with Crippen molar-refractivity contribution in [3.05, 3.63) is 28.8 Å². The Balaban J connectivity index is 1.93. The highest BCUT2D eigenvalue weighted by Crippen LogP contribution is 2.33. The molecule has 0 aliphatic carbocycles. The zero-order valence-corrected chi connectivity index (χ0v) is 13.9. The van der Waals surface area contributed by atoms with Crippen LogP contribution in [-0.4, -0.2) is 19.3 Å². The third-order valence-electron chi connectivity index (χ3n) is 4.42. The van der Waals surface area contributed by atoms with E-state index in [0.717, 1.165) is 30.3 Å². The summed E-state index contributed by atoms with van der Waals surface area (Å²) in [4.78, 5) is 4.79. The van der Waals surface area contributed by atoms with E-state index in [1.54, 1.807) is 0 Å². The van der Waals surface area contributed by atoms with Crippen LogP contribution in [0.4, 0.5) is 5.95 Å². The van der Waals surface area contributed by atoms with Gasteiger partial charge in [-0.05, 0) is 20.3 Å². The molecule has 1 aliphatic rings. The number of aromatic nitrogens is 4. The molecule has 0 spiro atoms. The Labute approximate surface area is 126 Å². The summed E-state index contributed by atoms with van der Waals surface area (Å²) in [6.07, 6.45) is 3.25. The second kappa shape index (κ2) is 4.61. The van der Waals surface area contributed by atoms with E-state index in [1.165, 1.54) is 11.3 Å². The Bertz CT molecular complexity index is 672. The minimum absolute atomic E-state index is 0.0850. The first-order valence-electron chi connectivity index (χ1n) is 7.61. The lowest BCUT2D eigenvalue weighted by atomic mass is 9.93. The predicted molar refractivity (Wildman–Crippen MR) is 84.6 cm³/mol. The molecular weight excluding hydrogens is 262 g/mol. The molecule has 1 atom stereocenters. The van der Waals surface area contributed by atoms with Crippen LogP contribution in [0, 0.1) is 13.8 Å². The molecule has 21 heavy (non-hydrogen) atoms. The average Bonchev–Trinajstić information content (AvgIpc) is 2.91. The molecule has 5 heteroatoms. The van der Waals surface area contributed by atoms with Crippen molar-refractivity contribution in [3.63, 3.8) is 0 Å². The molecule has 1 unspecified atom stereocenters. The highest BCUT2D eigenvalue weighted by molar-refractivity contribution is 5.40. The van der Waals surface area contributed by atoms with Crippen molar-refractivity contribution in [2.75, 3.05) is 5.32 Å². The summed E-state index contributed by atoms with van der Waals surface area (Å²) in [6.45, 7) is 11.8. The Kier molecular flexibility index (Phi) is 3.11. The van der Waals surface area contributed by atoms with Crippen LogP contribution < -0.4 is 5.32 Å². The smallest absolute Gasteiger partial charge is 0.203 e. The molecule has 0 saturated heterocycles. The molecule has 0 bridgehead atoms. The molecule has 0 fully saturated rings. The van der Waals surface area contributed by atoms with Crippen molar-refractivity contribution in [1.29, 1.82) is 0 Å². The number of aryl methyl sites for hydroxylation is 3. The second-order valence-electron chi connectivity index (χ2n) is 7.09. The zero-order valence-electron chi connectivity index (χ0n) is 13.9. The van der Waals surface area contributed by atoms with Gasteiger partial charge in [0.25, 0.3) is 0 Å². The molecule has 0 aromatic carbocycles. The van der Waals surface area contributed by atoms with Gasteiger partial charge in [0.2, 0.25) is 5.95 Å². The van der Waals surface area contributed by atoms with Crippen LogP contribution in [0.25, 0.3) is 0 Å². The maximum atomic E-state index is 4.79. The van der Waals surface area contributed by atoms with Crippen LogP contribution in [-0.2, 0) is 19.0 Å². The number of fused-ring (bicyclic) bond motifs is 1. The fourth-order valence-corrected chi connectivity index (χ4v) is 3.07. The van der Waals surface area contributed by atoms with Crippen molar-refractivity contribution < 1.29 is 0 Å². The molecule has 2 aromatic heterocycles. The molecular formula is C16H25N5. The van der Waals surface area contributed by atoms with E-state index >= 15 is 0 Å². The van der Waals surface area contributed by atoms with Crippen molar-refractivity contribution in [2.45, 2.75) is 59.0 Å². The van der Waals surface area contributed by atoms with E-state index < -0.39 is 0 Å². The summed E-state index contributed by atoms with van der Waals surface area (Å²) in [7, 11) is 2.01. The number of rotatable bonds is 1. The van der Waals surface area contributed by atoms with Crippen molar-refractivity contribution >= 4 is 5.95 Å². The van der Waals surface area contributed by atoms with E-state index in [-0.39, 0.29) is 5.41 Å². The van der Waals surface area contributed by atoms with Gasteiger partial charge in [-0.25, -0.2) is 4.98 Å². The van der Waals surface area contributed by atoms with E-state index in [9.17, 15) is 0 Å². The first kappa shape index (κ1) is 14.2. The van der Waals surface area contributed by atoms with Gasteiger partial charge in [0.1, 0.15) is 0 Å². The number of imidazole rings is 1. The largest absolute Gasteiger partial charge is 0.349 e. The van der Waals surface area contributed by atoms with E-state index in [0.29, 0.717) is 6.04 Å². The lowest BCUT2D eigenvalue weighted by Gasteiger charge is -2.26. The van der Waals surface area contributed by atoms with Crippen molar-refractivity contribution in [2.24, 2.45) is 7.05 Å². The van der Waals surface area contributed by atoms with Crippen molar-refractivity contribution in [1.82, 2.24) is 19.3 Å². The minimum atomic E-state index is 0.0850. The number of hydrogen-bond donors (Lipinski definition) is 1. The van der Waals surface area contributed by atoms with Crippen LogP contribution in [0.3, 0.4) is 0 Å². The Hall–Kier alpha value is -1.78. The lowest BCUT2D eigenvalue weighted by Crippen LogP contribution is -2.22. The maximum Gasteiger partial charge on any atom is 0.203 e. The summed E-state index contributed by atoms with van der Waals surface area (Å²) < 4.78 is 4.20. The van der Waals surface area contributed by atoms with Crippen molar-refractivity contribution in [3.8, 4) is 0 Å². The molecule has 0 amide bonds. The zero-order chi connectivity index (χ0) is 15.4. The summed E-state index contributed by atoms with van der Waals surface area (Å²) >= 11 is 0. The van der Waals surface area contributed by atoms with Gasteiger partial charge in [-0.1, -0.05) is 20.8 Å². The van der Waals surface area contributed by atoms with Crippen LogP contribution in [0.1, 0.15) is 55.9 Å². The Morgan fingerprint density at radius 1 is 1.29 bits per heavy atom. The summed E-state index contributed by atoms with van der Waals surface area (Å²) in [5.41, 5.74) is 4.90. The second-order valence-corrected chi connectivity index (χ2v) is 7.09. The molecule has 1 aliphatic heterocycles. The normalized spacial score (nSPS) is 18.5. The number of anilines is 1. The third kappa shape index (κ3) is 2.34. The summed E-state index contributed by atoms with van der Waals surface area (Å²) in [6, 6.07) is 0.307. The number of hydrogen-bond acceptors (Lipinski definition) is 3. The Morgan fingerprint density at radius 3 is 2.57 bits per heavy atom. The van der Waals surface area contributed by atoms with Gasteiger partial charge >= 0.3 is 0 Å². The van der Waals surface area contributed by atoms with E-state index in [4.69, 9.17) is 4.98 Å². The van der Waals surface area contributed by atoms with E-state index in [2.05, 4.69) is 55.8 Å². The molecule has 3 heterocycles. The standard InChI is InChI=1S/C16H25N5/c1-10-14(11(2)20(6)19-10)12-7-8-21-9-13(16(3,4)5)18-15(21)17-12/h9,12H,7-8H2,1-6H3,(H,17,18). The first-order chi connectivity index (χ1) is 9.77. The molecule has 3 rings (SSSR count). The monoisotopic (exact) mass is 287 g/mol. The molecule has 0 saturated carbocycles. The summed E-state index contributed by atoms with van der Waals surface area (Å²) in [5, 5.41) is 8.13. The number of nitrogens with zero attached hydrogens (tertiary/aromatic N) is 4. The molecule has 2 aromatic rings. The first-order valence-corrected chi connectivity index (χ1v) is 7.61. The van der Waals surface area contributed by atoms with Crippen LogP contribution in [0.15, 0.2) is 6.20 Å². The molecule has 0 radical (unpaired) electrons. The Morgan fingerprint density at radius 2 is 2.00 bits per heavy atom. The molecule has 114 valence electrons. The van der Waals surface area contributed by atoms with Gasteiger partial charge in [0.15, 0.2) is 0 Å². The topological polar surface area (TPSA) is 47.7 Å². The highest BCUT2D eigenvalue weighted by atomic mass is 15.3. The van der Waals surface area contributed by atoms with Crippen LogP contribution >= 0.6 is 0 Å². The van der Waals surface area contributed by atoms with Crippen LogP contribution in [0.5, 0.6) is 0 Å². The van der Waals surface area contributed by atoms with Gasteiger partial charge in [-0.15, -0.1) is 0 Å². The molecule has 5 nitrogen and oxygen atoms in total. The third-order valence-corrected chi connectivity index (χ3v) is 4.42. The fourth-order valence-electron chi connectivity index (χ4n) is 3.07. The quantitative estimate of drug-likeness (QED) is 0.877. The molecule has 1 N–H and O–H groups in total. The lowest BCUT2D eigenvalue weighted by molar-refractivity contribution is 0.537. The summed E-state index contributed by atoms with van der Waals surface area (Å²) in [5.74, 6) is 0.985. The van der Waals surface area contributed by atoms with Gasteiger partial charge in [-0.2, -0.15) is 5.10 Å². The van der Waals surface area contributed by atoms with Gasteiger partial charge in [0.05, 0.1) is 17.4 Å². The SMILES string of the molecule is Cc1nn(C)c(C)c1C1CCn2cc(C(C)(C)C)nc2N1. The van der Waals surface area contributed by atoms with Gasteiger partial charge < -0.3 is 9.88 Å². The fraction of sp³-hybridized carbons (Fsp3) is 0.625. The van der Waals surface area contributed by atoms with Gasteiger partial charge in [0, 0.05) is 36.5 Å². The van der Waals surface area contributed by atoms with Crippen LogP contribution in [0.2, 0.25) is 0 Å².